The monoisotopic (exact) mass is 269 g/mol. The van der Waals surface area contributed by atoms with E-state index in [1.165, 1.54) is 31.2 Å². The van der Waals surface area contributed by atoms with E-state index in [-0.39, 0.29) is 0 Å². The quantitative estimate of drug-likeness (QED) is 0.856. The second-order valence-corrected chi connectivity index (χ2v) is 6.34. The van der Waals surface area contributed by atoms with E-state index in [4.69, 9.17) is 11.6 Å². The van der Waals surface area contributed by atoms with Gasteiger partial charge in [0.2, 0.25) is 0 Å². The minimum absolute atomic E-state index is 0.370. The van der Waals surface area contributed by atoms with E-state index in [1.807, 2.05) is 19.2 Å². The molecule has 0 aromatic heterocycles. The predicted octanol–water partition coefficient (Wildman–Crippen LogP) is 4.28. The summed E-state index contributed by atoms with van der Waals surface area (Å²) >= 11 is 8.34. The van der Waals surface area contributed by atoms with Gasteiger partial charge in [0.25, 0.3) is 0 Å². The summed E-state index contributed by atoms with van der Waals surface area (Å²) in [4.78, 5) is 0. The molecule has 2 rings (SSSR count). The molecule has 1 aliphatic rings. The number of thioether (sulfide) groups is 1. The summed E-state index contributed by atoms with van der Waals surface area (Å²) in [5, 5.41) is 5.12. The third-order valence-electron chi connectivity index (χ3n) is 3.43. The SMILES string of the molecule is CNC(CSC1CCCC1)c1ccccc1Cl. The van der Waals surface area contributed by atoms with Gasteiger partial charge < -0.3 is 5.32 Å². The fourth-order valence-electron chi connectivity index (χ4n) is 2.37. The molecule has 1 aliphatic carbocycles. The summed E-state index contributed by atoms with van der Waals surface area (Å²) < 4.78 is 0. The molecule has 1 N–H and O–H groups in total. The van der Waals surface area contributed by atoms with Crippen LogP contribution in [-0.2, 0) is 0 Å². The topological polar surface area (TPSA) is 12.0 Å². The molecule has 1 aromatic rings. The first kappa shape index (κ1) is 13.3. The minimum Gasteiger partial charge on any atom is -0.312 e. The smallest absolute Gasteiger partial charge is 0.0454 e. The Morgan fingerprint density at radius 2 is 2.06 bits per heavy atom. The third kappa shape index (κ3) is 3.64. The van der Waals surface area contributed by atoms with Gasteiger partial charge >= 0.3 is 0 Å². The van der Waals surface area contributed by atoms with E-state index in [0.717, 1.165) is 16.0 Å². The predicted molar refractivity (Wildman–Crippen MR) is 78.0 cm³/mol. The Kier molecular flexibility index (Phi) is 5.20. The molecule has 0 aliphatic heterocycles. The van der Waals surface area contributed by atoms with E-state index in [1.54, 1.807) is 0 Å². The number of benzene rings is 1. The van der Waals surface area contributed by atoms with Crippen molar-refractivity contribution >= 4 is 23.4 Å². The summed E-state index contributed by atoms with van der Waals surface area (Å²) in [6, 6.07) is 8.52. The Morgan fingerprint density at radius 1 is 1.35 bits per heavy atom. The lowest BCUT2D eigenvalue weighted by atomic mass is 10.1. The summed E-state index contributed by atoms with van der Waals surface area (Å²) in [7, 11) is 2.02. The average molecular weight is 270 g/mol. The Labute approximate surface area is 113 Å². The molecule has 0 bridgehead atoms. The van der Waals surface area contributed by atoms with Gasteiger partial charge in [0.15, 0.2) is 0 Å². The second-order valence-electron chi connectivity index (χ2n) is 4.60. The molecule has 1 aromatic carbocycles. The molecule has 0 heterocycles. The van der Waals surface area contributed by atoms with Crippen LogP contribution in [0.4, 0.5) is 0 Å². The van der Waals surface area contributed by atoms with Crippen molar-refractivity contribution in [1.29, 1.82) is 0 Å². The summed E-state index contributed by atoms with van der Waals surface area (Å²) in [6.07, 6.45) is 5.61. The number of hydrogen-bond donors (Lipinski definition) is 1. The first-order valence-corrected chi connectivity index (χ1v) is 7.77. The van der Waals surface area contributed by atoms with Gasteiger partial charge in [0.1, 0.15) is 0 Å². The zero-order valence-corrected chi connectivity index (χ0v) is 11.9. The molecule has 0 spiro atoms. The lowest BCUT2D eigenvalue weighted by molar-refractivity contribution is 0.660. The van der Waals surface area contributed by atoms with Gasteiger partial charge in [-0.3, -0.25) is 0 Å². The number of rotatable bonds is 5. The van der Waals surface area contributed by atoms with Crippen LogP contribution in [0, 0.1) is 0 Å². The summed E-state index contributed by atoms with van der Waals surface area (Å²) in [5.74, 6) is 1.12. The molecule has 1 unspecified atom stereocenters. The van der Waals surface area contributed by atoms with E-state index in [9.17, 15) is 0 Å². The van der Waals surface area contributed by atoms with E-state index in [0.29, 0.717) is 6.04 Å². The van der Waals surface area contributed by atoms with Gasteiger partial charge in [-0.25, -0.2) is 0 Å². The van der Waals surface area contributed by atoms with Crippen LogP contribution in [0.25, 0.3) is 0 Å². The molecule has 1 nitrogen and oxygen atoms in total. The molecule has 1 atom stereocenters. The Morgan fingerprint density at radius 3 is 2.71 bits per heavy atom. The number of halogens is 1. The van der Waals surface area contributed by atoms with Crippen molar-refractivity contribution in [3.8, 4) is 0 Å². The molecule has 1 fully saturated rings. The van der Waals surface area contributed by atoms with Crippen molar-refractivity contribution in [3.05, 3.63) is 34.9 Å². The molecule has 0 saturated heterocycles. The first-order valence-electron chi connectivity index (χ1n) is 6.34. The fraction of sp³-hybridized carbons (Fsp3) is 0.571. The van der Waals surface area contributed by atoms with E-state index >= 15 is 0 Å². The van der Waals surface area contributed by atoms with Gasteiger partial charge in [0.05, 0.1) is 0 Å². The van der Waals surface area contributed by atoms with Gasteiger partial charge in [-0.15, -0.1) is 0 Å². The molecular formula is C14H20ClNS. The molecule has 94 valence electrons. The zero-order valence-electron chi connectivity index (χ0n) is 10.3. The van der Waals surface area contributed by atoms with Crippen molar-refractivity contribution in [2.45, 2.75) is 37.0 Å². The molecule has 1 saturated carbocycles. The van der Waals surface area contributed by atoms with Gasteiger partial charge in [-0.05, 0) is 31.5 Å². The largest absolute Gasteiger partial charge is 0.312 e. The Bertz CT molecular complexity index is 350. The van der Waals surface area contributed by atoms with Gasteiger partial charge in [-0.1, -0.05) is 42.6 Å². The van der Waals surface area contributed by atoms with Crippen LogP contribution in [0.15, 0.2) is 24.3 Å². The van der Waals surface area contributed by atoms with Gasteiger partial charge in [0, 0.05) is 22.1 Å². The van der Waals surface area contributed by atoms with Crippen LogP contribution in [0.3, 0.4) is 0 Å². The maximum absolute atomic E-state index is 6.24. The highest BCUT2D eigenvalue weighted by Gasteiger charge is 2.19. The highest BCUT2D eigenvalue weighted by molar-refractivity contribution is 7.99. The molecule has 17 heavy (non-hydrogen) atoms. The van der Waals surface area contributed by atoms with Crippen molar-refractivity contribution in [3.63, 3.8) is 0 Å². The van der Waals surface area contributed by atoms with Crippen molar-refractivity contribution in [2.24, 2.45) is 0 Å². The van der Waals surface area contributed by atoms with Crippen molar-refractivity contribution in [2.75, 3.05) is 12.8 Å². The van der Waals surface area contributed by atoms with Crippen molar-refractivity contribution < 1.29 is 0 Å². The van der Waals surface area contributed by atoms with E-state index in [2.05, 4.69) is 29.2 Å². The Balaban J connectivity index is 1.94. The standard InChI is InChI=1S/C14H20ClNS/c1-16-14(10-17-11-6-2-3-7-11)12-8-4-5-9-13(12)15/h4-5,8-9,11,14,16H,2-3,6-7,10H2,1H3. The molecular weight excluding hydrogens is 250 g/mol. The summed E-state index contributed by atoms with van der Waals surface area (Å²) in [5.41, 5.74) is 1.22. The minimum atomic E-state index is 0.370. The normalized spacial score (nSPS) is 18.5. The number of hydrogen-bond acceptors (Lipinski definition) is 2. The molecule has 3 heteroatoms. The lowest BCUT2D eigenvalue weighted by Gasteiger charge is -2.19. The maximum Gasteiger partial charge on any atom is 0.0454 e. The van der Waals surface area contributed by atoms with Crippen molar-refractivity contribution in [1.82, 2.24) is 5.32 Å². The van der Waals surface area contributed by atoms with Crippen LogP contribution >= 0.6 is 23.4 Å². The maximum atomic E-state index is 6.24. The Hall–Kier alpha value is -0.180. The second kappa shape index (κ2) is 6.67. The van der Waals surface area contributed by atoms with E-state index < -0.39 is 0 Å². The third-order valence-corrected chi connectivity index (χ3v) is 5.24. The van der Waals surface area contributed by atoms with Crippen LogP contribution in [-0.4, -0.2) is 18.1 Å². The van der Waals surface area contributed by atoms with Gasteiger partial charge in [-0.2, -0.15) is 11.8 Å². The average Bonchev–Trinajstić information content (AvgIpc) is 2.85. The van der Waals surface area contributed by atoms with Crippen LogP contribution in [0.2, 0.25) is 5.02 Å². The summed E-state index contributed by atoms with van der Waals surface area (Å²) in [6.45, 7) is 0. The lowest BCUT2D eigenvalue weighted by Crippen LogP contribution is -2.20. The number of nitrogens with one attached hydrogen (secondary N) is 1. The first-order chi connectivity index (χ1) is 8.31. The zero-order chi connectivity index (χ0) is 12.1. The highest BCUT2D eigenvalue weighted by atomic mass is 35.5. The van der Waals surface area contributed by atoms with Crippen LogP contribution in [0.5, 0.6) is 0 Å². The van der Waals surface area contributed by atoms with Crippen LogP contribution < -0.4 is 5.32 Å². The molecule has 0 radical (unpaired) electrons. The van der Waals surface area contributed by atoms with Crippen LogP contribution in [0.1, 0.15) is 37.3 Å². The molecule has 0 amide bonds. The highest BCUT2D eigenvalue weighted by Crippen LogP contribution is 2.33. The fourth-order valence-corrected chi connectivity index (χ4v) is 4.12.